The average Bonchev–Trinajstić information content (AvgIpc) is 2.79. The predicted molar refractivity (Wildman–Crippen MR) is 73.0 cm³/mol. The van der Waals surface area contributed by atoms with Crippen LogP contribution in [-0.4, -0.2) is 49.4 Å². The summed E-state index contributed by atoms with van der Waals surface area (Å²) in [5, 5.41) is 28.2. The van der Waals surface area contributed by atoms with Crippen molar-refractivity contribution in [3.63, 3.8) is 0 Å². The Labute approximate surface area is 120 Å². The van der Waals surface area contributed by atoms with Crippen LogP contribution >= 0.6 is 0 Å². The lowest BCUT2D eigenvalue weighted by atomic mass is 10.2. The van der Waals surface area contributed by atoms with Crippen LogP contribution in [0.25, 0.3) is 0 Å². The van der Waals surface area contributed by atoms with E-state index in [1.165, 1.54) is 17.7 Å². The van der Waals surface area contributed by atoms with Gasteiger partial charge in [-0.25, -0.2) is 4.79 Å². The second-order valence-electron chi connectivity index (χ2n) is 5.38. The highest BCUT2D eigenvalue weighted by Gasteiger charge is 2.35. The summed E-state index contributed by atoms with van der Waals surface area (Å²) in [4.78, 5) is 24.3. The van der Waals surface area contributed by atoms with Crippen molar-refractivity contribution < 1.29 is 20.1 Å². The summed E-state index contributed by atoms with van der Waals surface area (Å²) in [6.07, 6.45) is -1.68. The Kier molecular flexibility index (Phi) is 4.62. The number of ether oxygens (including phenoxy) is 1. The van der Waals surface area contributed by atoms with E-state index in [4.69, 9.17) is 9.84 Å². The molecule has 0 amide bonds. The lowest BCUT2D eigenvalue weighted by molar-refractivity contribution is -0.0465. The van der Waals surface area contributed by atoms with Crippen molar-refractivity contribution in [2.24, 2.45) is 0 Å². The summed E-state index contributed by atoms with van der Waals surface area (Å²) in [6.45, 7) is 2.58. The second-order valence-corrected chi connectivity index (χ2v) is 5.38. The molecule has 0 spiro atoms. The number of aryl methyl sites for hydroxylation is 1. The summed E-state index contributed by atoms with van der Waals surface area (Å²) in [6, 6.07) is 0. The second kappa shape index (κ2) is 6.10. The molecule has 8 heteroatoms. The molecule has 2 heterocycles. The van der Waals surface area contributed by atoms with Gasteiger partial charge in [-0.1, -0.05) is 0 Å². The first-order valence-electron chi connectivity index (χ1n) is 6.80. The van der Waals surface area contributed by atoms with Crippen LogP contribution in [0.5, 0.6) is 0 Å². The number of hydrogen-bond donors (Lipinski definition) is 3. The van der Waals surface area contributed by atoms with Gasteiger partial charge < -0.3 is 20.1 Å². The number of rotatable bonds is 4. The maximum absolute atomic E-state index is 12.4. The maximum atomic E-state index is 12.4. The van der Waals surface area contributed by atoms with Crippen molar-refractivity contribution >= 4 is 0 Å². The Bertz CT molecular complexity index is 620. The number of nitrogens with zero attached hydrogens (tertiary/aromatic N) is 2. The molecule has 0 saturated carbocycles. The summed E-state index contributed by atoms with van der Waals surface area (Å²) >= 11 is 0. The van der Waals surface area contributed by atoms with E-state index in [0.29, 0.717) is 5.56 Å². The molecule has 3 N–H and O–H groups in total. The fourth-order valence-corrected chi connectivity index (χ4v) is 2.44. The van der Waals surface area contributed by atoms with E-state index in [1.807, 2.05) is 0 Å². The van der Waals surface area contributed by atoms with Gasteiger partial charge in [0.15, 0.2) is 0 Å². The minimum Gasteiger partial charge on any atom is -0.394 e. The molecule has 1 saturated heterocycles. The largest absolute Gasteiger partial charge is 0.394 e. The number of hydrogen-bond acceptors (Lipinski definition) is 6. The normalized spacial score (nSPS) is 27.0. The number of aliphatic hydroxyl groups is 3. The van der Waals surface area contributed by atoms with Gasteiger partial charge in [0.2, 0.25) is 0 Å². The molecule has 2 unspecified atom stereocenters. The minimum absolute atomic E-state index is 0.113. The zero-order valence-electron chi connectivity index (χ0n) is 12.0. The molecule has 1 aromatic rings. The van der Waals surface area contributed by atoms with Gasteiger partial charge in [0.25, 0.3) is 5.56 Å². The van der Waals surface area contributed by atoms with Gasteiger partial charge in [0, 0.05) is 18.2 Å². The van der Waals surface area contributed by atoms with Crippen molar-refractivity contribution in [2.75, 3.05) is 6.61 Å². The highest BCUT2D eigenvalue weighted by Crippen LogP contribution is 2.27. The van der Waals surface area contributed by atoms with Crippen LogP contribution in [0.15, 0.2) is 15.8 Å². The Morgan fingerprint density at radius 1 is 1.48 bits per heavy atom. The first-order valence-corrected chi connectivity index (χ1v) is 6.80. The fraction of sp³-hybridized carbons (Fsp3) is 0.692. The standard InChI is InChI=1S/C13H20N2O6/c1-7-4-14(11-3-9(18)10(6-16)21-11)13(20)15(12(7)19)5-8(2)17/h4,8-11,16-18H,3,5-6H2,1-2H3/t8?,9?,10-,11-/m1/s1. The fourth-order valence-electron chi connectivity index (χ4n) is 2.44. The lowest BCUT2D eigenvalue weighted by Gasteiger charge is -2.18. The highest BCUT2D eigenvalue weighted by atomic mass is 16.5. The Balaban J connectivity index is 2.44. The van der Waals surface area contributed by atoms with E-state index in [0.717, 1.165) is 4.57 Å². The Morgan fingerprint density at radius 2 is 2.14 bits per heavy atom. The van der Waals surface area contributed by atoms with Crippen molar-refractivity contribution in [3.8, 4) is 0 Å². The smallest absolute Gasteiger partial charge is 0.333 e. The highest BCUT2D eigenvalue weighted by molar-refractivity contribution is 5.04. The van der Waals surface area contributed by atoms with Crippen molar-refractivity contribution in [1.29, 1.82) is 0 Å². The van der Waals surface area contributed by atoms with E-state index < -0.39 is 35.8 Å². The van der Waals surface area contributed by atoms with E-state index in [2.05, 4.69) is 0 Å². The molecule has 0 aromatic carbocycles. The number of aliphatic hydroxyl groups excluding tert-OH is 3. The molecule has 0 bridgehead atoms. The van der Waals surface area contributed by atoms with Crippen LogP contribution in [0, 0.1) is 6.92 Å². The molecule has 118 valence electrons. The van der Waals surface area contributed by atoms with Crippen molar-refractivity contribution in [1.82, 2.24) is 9.13 Å². The third-order valence-corrected chi connectivity index (χ3v) is 3.51. The van der Waals surface area contributed by atoms with Gasteiger partial charge in [-0.3, -0.25) is 13.9 Å². The molecule has 0 radical (unpaired) electrons. The Hall–Kier alpha value is -1.48. The van der Waals surface area contributed by atoms with E-state index in [1.54, 1.807) is 6.92 Å². The molecule has 1 fully saturated rings. The monoisotopic (exact) mass is 300 g/mol. The molecule has 1 aromatic heterocycles. The third-order valence-electron chi connectivity index (χ3n) is 3.51. The van der Waals surface area contributed by atoms with E-state index in [9.17, 15) is 19.8 Å². The van der Waals surface area contributed by atoms with E-state index in [-0.39, 0.29) is 19.6 Å². The average molecular weight is 300 g/mol. The summed E-state index contributed by atoms with van der Waals surface area (Å²) in [5.74, 6) is 0. The van der Waals surface area contributed by atoms with Crippen LogP contribution in [-0.2, 0) is 11.3 Å². The van der Waals surface area contributed by atoms with Crippen molar-refractivity contribution in [2.45, 2.75) is 51.4 Å². The molecule has 4 atom stereocenters. The molecule has 21 heavy (non-hydrogen) atoms. The lowest BCUT2D eigenvalue weighted by Crippen LogP contribution is -2.43. The zero-order valence-corrected chi connectivity index (χ0v) is 12.0. The van der Waals surface area contributed by atoms with Crippen LogP contribution in [0.1, 0.15) is 25.1 Å². The van der Waals surface area contributed by atoms with Crippen LogP contribution in [0.2, 0.25) is 0 Å². The third kappa shape index (κ3) is 3.08. The van der Waals surface area contributed by atoms with Gasteiger partial charge in [-0.05, 0) is 13.8 Å². The molecule has 1 aliphatic heterocycles. The van der Waals surface area contributed by atoms with E-state index >= 15 is 0 Å². The summed E-state index contributed by atoms with van der Waals surface area (Å²) in [7, 11) is 0. The predicted octanol–water partition coefficient (Wildman–Crippen LogP) is -1.66. The maximum Gasteiger partial charge on any atom is 0.333 e. The van der Waals surface area contributed by atoms with Crippen LogP contribution < -0.4 is 11.2 Å². The number of aromatic nitrogens is 2. The van der Waals surface area contributed by atoms with Gasteiger partial charge in [-0.2, -0.15) is 0 Å². The molecular formula is C13H20N2O6. The molecule has 0 aliphatic carbocycles. The summed E-state index contributed by atoms with van der Waals surface area (Å²) in [5.41, 5.74) is -0.738. The molecule has 8 nitrogen and oxygen atoms in total. The van der Waals surface area contributed by atoms with Crippen LogP contribution in [0.3, 0.4) is 0 Å². The Morgan fingerprint density at radius 3 is 2.67 bits per heavy atom. The van der Waals surface area contributed by atoms with Crippen molar-refractivity contribution in [3.05, 3.63) is 32.6 Å². The molecule has 2 rings (SSSR count). The quantitative estimate of drug-likeness (QED) is 0.613. The van der Waals surface area contributed by atoms with Gasteiger partial charge in [0.05, 0.1) is 25.4 Å². The topological polar surface area (TPSA) is 114 Å². The summed E-state index contributed by atoms with van der Waals surface area (Å²) < 4.78 is 7.60. The first-order chi connectivity index (χ1) is 9.85. The van der Waals surface area contributed by atoms with Crippen LogP contribution in [0.4, 0.5) is 0 Å². The van der Waals surface area contributed by atoms with Gasteiger partial charge in [0.1, 0.15) is 12.3 Å². The minimum atomic E-state index is -0.871. The van der Waals surface area contributed by atoms with Gasteiger partial charge >= 0.3 is 5.69 Å². The first kappa shape index (κ1) is 15.9. The molecule has 1 aliphatic rings. The van der Waals surface area contributed by atoms with Gasteiger partial charge in [-0.15, -0.1) is 0 Å². The zero-order chi connectivity index (χ0) is 15.7. The SMILES string of the molecule is Cc1cn([C@H]2CC(O)[C@@H](CO)O2)c(=O)n(CC(C)O)c1=O. The molecular weight excluding hydrogens is 280 g/mol.